The average Bonchev–Trinajstić information content (AvgIpc) is 2.36. The molecule has 18 heavy (non-hydrogen) atoms. The lowest BCUT2D eigenvalue weighted by molar-refractivity contribution is -0.161. The molecule has 0 radical (unpaired) electrons. The zero-order valence-electron chi connectivity index (χ0n) is 11.4. The molecule has 3 unspecified atom stereocenters. The van der Waals surface area contributed by atoms with Crippen LogP contribution in [-0.2, 0) is 4.74 Å². The molecule has 2 aliphatic rings. The van der Waals surface area contributed by atoms with Crippen molar-refractivity contribution in [2.75, 3.05) is 19.7 Å². The number of nitrogens with zero attached hydrogens (tertiary/aromatic N) is 2. The van der Waals surface area contributed by atoms with E-state index in [1.807, 2.05) is 0 Å². The fourth-order valence-corrected chi connectivity index (χ4v) is 3.39. The van der Waals surface area contributed by atoms with E-state index in [0.717, 1.165) is 25.9 Å². The van der Waals surface area contributed by atoms with E-state index in [-0.39, 0.29) is 24.2 Å². The Morgan fingerprint density at radius 2 is 2.11 bits per heavy atom. The smallest absolute Gasteiger partial charge is 0.0940 e. The fraction of sp³-hybridized carbons (Fsp3) is 0.929. The van der Waals surface area contributed by atoms with Crippen molar-refractivity contribution in [2.45, 2.75) is 57.3 Å². The second-order valence-electron chi connectivity index (χ2n) is 6.20. The maximum absolute atomic E-state index is 9.35. The SMILES string of the molecule is CC1(C)CN(C2CCCCC2C#N)CC(CO)O1. The van der Waals surface area contributed by atoms with Gasteiger partial charge in [0.15, 0.2) is 0 Å². The molecule has 2 rings (SSSR count). The molecule has 1 N–H and O–H groups in total. The standard InChI is InChI=1S/C14H24N2O2/c1-14(2)10-16(8-12(9-17)18-14)13-6-4-3-5-11(13)7-15/h11-13,17H,3-6,8-10H2,1-2H3. The largest absolute Gasteiger partial charge is 0.394 e. The van der Waals surface area contributed by atoms with Crippen LogP contribution in [0, 0.1) is 17.2 Å². The normalized spacial score (nSPS) is 37.1. The molecule has 1 aliphatic heterocycles. The van der Waals surface area contributed by atoms with E-state index in [1.165, 1.54) is 12.8 Å². The highest BCUT2D eigenvalue weighted by atomic mass is 16.5. The lowest BCUT2D eigenvalue weighted by atomic mass is 9.83. The molecule has 0 aromatic carbocycles. The van der Waals surface area contributed by atoms with Crippen LogP contribution in [0.5, 0.6) is 0 Å². The van der Waals surface area contributed by atoms with Crippen molar-refractivity contribution < 1.29 is 9.84 Å². The molecule has 0 amide bonds. The fourth-order valence-electron chi connectivity index (χ4n) is 3.39. The van der Waals surface area contributed by atoms with E-state index in [0.29, 0.717) is 6.04 Å². The van der Waals surface area contributed by atoms with Gasteiger partial charge in [-0.2, -0.15) is 5.26 Å². The van der Waals surface area contributed by atoms with Crippen LogP contribution < -0.4 is 0 Å². The van der Waals surface area contributed by atoms with Crippen LogP contribution in [-0.4, -0.2) is 47.4 Å². The molecule has 1 aliphatic carbocycles. The van der Waals surface area contributed by atoms with Crippen LogP contribution >= 0.6 is 0 Å². The Morgan fingerprint density at radius 3 is 2.78 bits per heavy atom. The number of ether oxygens (including phenoxy) is 1. The average molecular weight is 252 g/mol. The molecular weight excluding hydrogens is 228 g/mol. The second-order valence-corrected chi connectivity index (χ2v) is 6.20. The zero-order chi connectivity index (χ0) is 13.2. The van der Waals surface area contributed by atoms with Gasteiger partial charge in [-0.05, 0) is 26.7 Å². The van der Waals surface area contributed by atoms with Gasteiger partial charge < -0.3 is 9.84 Å². The van der Waals surface area contributed by atoms with Crippen LogP contribution in [0.2, 0.25) is 0 Å². The Hall–Kier alpha value is -0.630. The Labute approximate surface area is 110 Å². The van der Waals surface area contributed by atoms with E-state index in [4.69, 9.17) is 4.74 Å². The summed E-state index contributed by atoms with van der Waals surface area (Å²) in [5.74, 6) is 0.145. The van der Waals surface area contributed by atoms with E-state index < -0.39 is 0 Å². The molecule has 0 spiro atoms. The van der Waals surface area contributed by atoms with Crippen molar-refractivity contribution in [2.24, 2.45) is 5.92 Å². The molecule has 1 saturated carbocycles. The van der Waals surface area contributed by atoms with Gasteiger partial charge in [-0.15, -0.1) is 0 Å². The third-order valence-corrected chi connectivity index (χ3v) is 4.08. The van der Waals surface area contributed by atoms with Gasteiger partial charge in [-0.3, -0.25) is 4.90 Å². The summed E-state index contributed by atoms with van der Waals surface area (Å²) >= 11 is 0. The number of aliphatic hydroxyl groups excluding tert-OH is 1. The lowest BCUT2D eigenvalue weighted by Gasteiger charge is -2.47. The van der Waals surface area contributed by atoms with Gasteiger partial charge in [0.05, 0.1) is 30.3 Å². The van der Waals surface area contributed by atoms with Crippen LogP contribution in [0.25, 0.3) is 0 Å². The summed E-state index contributed by atoms with van der Waals surface area (Å²) in [6.07, 6.45) is 4.39. The maximum Gasteiger partial charge on any atom is 0.0940 e. The third-order valence-electron chi connectivity index (χ3n) is 4.08. The highest BCUT2D eigenvalue weighted by Gasteiger charge is 2.39. The Balaban J connectivity index is 2.08. The first-order valence-electron chi connectivity index (χ1n) is 6.98. The molecule has 1 saturated heterocycles. The number of rotatable bonds is 2. The minimum absolute atomic E-state index is 0.0594. The highest BCUT2D eigenvalue weighted by Crippen LogP contribution is 2.32. The van der Waals surface area contributed by atoms with Gasteiger partial charge in [-0.1, -0.05) is 12.8 Å². The molecule has 4 heteroatoms. The van der Waals surface area contributed by atoms with Crippen molar-refractivity contribution in [3.63, 3.8) is 0 Å². The van der Waals surface area contributed by atoms with Crippen LogP contribution in [0.4, 0.5) is 0 Å². The summed E-state index contributed by atoms with van der Waals surface area (Å²) in [5, 5.41) is 18.6. The minimum atomic E-state index is -0.233. The van der Waals surface area contributed by atoms with Crippen molar-refractivity contribution in [1.29, 1.82) is 5.26 Å². The predicted molar refractivity (Wildman–Crippen MR) is 69.0 cm³/mol. The molecule has 0 aromatic rings. The van der Waals surface area contributed by atoms with Crippen molar-refractivity contribution >= 4 is 0 Å². The lowest BCUT2D eigenvalue weighted by Crippen LogP contribution is -2.58. The number of hydrogen-bond donors (Lipinski definition) is 1. The Kier molecular flexibility index (Phi) is 4.26. The first-order chi connectivity index (χ1) is 8.55. The summed E-state index contributed by atoms with van der Waals surface area (Å²) < 4.78 is 5.84. The summed E-state index contributed by atoms with van der Waals surface area (Å²) in [6, 6.07) is 2.81. The molecule has 4 nitrogen and oxygen atoms in total. The van der Waals surface area contributed by atoms with Crippen molar-refractivity contribution in [1.82, 2.24) is 4.90 Å². The Bertz CT molecular complexity index is 324. The molecule has 1 heterocycles. The first-order valence-corrected chi connectivity index (χ1v) is 6.98. The summed E-state index contributed by atoms with van der Waals surface area (Å²) in [4.78, 5) is 2.37. The van der Waals surface area contributed by atoms with E-state index >= 15 is 0 Å². The third kappa shape index (κ3) is 3.03. The molecule has 3 atom stereocenters. The topological polar surface area (TPSA) is 56.5 Å². The number of nitriles is 1. The van der Waals surface area contributed by atoms with Crippen LogP contribution in [0.15, 0.2) is 0 Å². The minimum Gasteiger partial charge on any atom is -0.394 e. The molecule has 0 bridgehead atoms. The molecule has 102 valence electrons. The summed E-state index contributed by atoms with van der Waals surface area (Å²) in [6.45, 7) is 5.79. The van der Waals surface area contributed by atoms with Gasteiger partial charge in [0, 0.05) is 19.1 Å². The summed E-state index contributed by atoms with van der Waals surface area (Å²) in [7, 11) is 0. The van der Waals surface area contributed by atoms with Gasteiger partial charge in [-0.25, -0.2) is 0 Å². The quantitative estimate of drug-likeness (QED) is 0.810. The summed E-state index contributed by atoms with van der Waals surface area (Å²) in [5.41, 5.74) is -0.233. The van der Waals surface area contributed by atoms with Gasteiger partial charge >= 0.3 is 0 Å². The number of aliphatic hydroxyl groups is 1. The van der Waals surface area contributed by atoms with Crippen molar-refractivity contribution in [3.05, 3.63) is 0 Å². The Morgan fingerprint density at radius 1 is 1.39 bits per heavy atom. The van der Waals surface area contributed by atoms with Gasteiger partial charge in [0.1, 0.15) is 0 Å². The van der Waals surface area contributed by atoms with Crippen LogP contribution in [0.3, 0.4) is 0 Å². The number of hydrogen-bond acceptors (Lipinski definition) is 4. The second kappa shape index (κ2) is 5.56. The molecule has 0 aromatic heterocycles. The zero-order valence-corrected chi connectivity index (χ0v) is 11.4. The first kappa shape index (κ1) is 13.8. The van der Waals surface area contributed by atoms with Crippen molar-refractivity contribution in [3.8, 4) is 6.07 Å². The van der Waals surface area contributed by atoms with E-state index in [2.05, 4.69) is 24.8 Å². The maximum atomic E-state index is 9.35. The predicted octanol–water partition coefficient (Wildman–Crippen LogP) is 1.54. The van der Waals surface area contributed by atoms with Gasteiger partial charge in [0.2, 0.25) is 0 Å². The number of morpholine rings is 1. The highest BCUT2D eigenvalue weighted by molar-refractivity contribution is 4.98. The van der Waals surface area contributed by atoms with Gasteiger partial charge in [0.25, 0.3) is 0 Å². The van der Waals surface area contributed by atoms with E-state index in [9.17, 15) is 10.4 Å². The molecule has 2 fully saturated rings. The monoisotopic (exact) mass is 252 g/mol. The van der Waals surface area contributed by atoms with Crippen LogP contribution in [0.1, 0.15) is 39.5 Å². The van der Waals surface area contributed by atoms with E-state index in [1.54, 1.807) is 0 Å². The molecular formula is C14H24N2O2.